The second-order valence-corrected chi connectivity index (χ2v) is 3.53. The van der Waals surface area contributed by atoms with E-state index < -0.39 is 0 Å². The Hall–Kier alpha value is -0.970. The number of hydrogen-bond acceptors (Lipinski definition) is 4. The third kappa shape index (κ3) is 3.95. The fourth-order valence-electron chi connectivity index (χ4n) is 1.40. The van der Waals surface area contributed by atoms with Crippen molar-refractivity contribution in [1.82, 2.24) is 10.4 Å². The molecule has 84 valence electrons. The summed E-state index contributed by atoms with van der Waals surface area (Å²) in [5.41, 5.74) is 5.00. The number of nitrogens with two attached hydrogens (primary N) is 1. The van der Waals surface area contributed by atoms with Crippen molar-refractivity contribution in [2.24, 2.45) is 5.84 Å². The van der Waals surface area contributed by atoms with Gasteiger partial charge in [-0.2, -0.15) is 0 Å². The zero-order valence-electron chi connectivity index (χ0n) is 9.36. The van der Waals surface area contributed by atoms with Gasteiger partial charge in [0.25, 0.3) is 0 Å². The summed E-state index contributed by atoms with van der Waals surface area (Å²) >= 11 is 0. The summed E-state index contributed by atoms with van der Waals surface area (Å²) in [6, 6.07) is 4.26. The fourth-order valence-corrected chi connectivity index (χ4v) is 1.40. The van der Waals surface area contributed by atoms with E-state index in [1.165, 1.54) is 5.56 Å². The maximum absolute atomic E-state index is 5.40. The van der Waals surface area contributed by atoms with Crippen LogP contribution in [0.4, 0.5) is 0 Å². The highest BCUT2D eigenvalue weighted by Gasteiger charge is 2.07. The minimum absolute atomic E-state index is 0.120. The molecule has 0 spiro atoms. The molecule has 1 heterocycles. The van der Waals surface area contributed by atoms with Crippen molar-refractivity contribution in [2.45, 2.75) is 25.8 Å². The molecule has 0 bridgehead atoms. The van der Waals surface area contributed by atoms with Gasteiger partial charge in [0, 0.05) is 31.5 Å². The van der Waals surface area contributed by atoms with E-state index in [4.69, 9.17) is 10.6 Å². The molecule has 0 aromatic carbocycles. The summed E-state index contributed by atoms with van der Waals surface area (Å²) in [5, 5.41) is 0. The molecule has 0 aliphatic rings. The molecule has 0 fully saturated rings. The van der Waals surface area contributed by atoms with Crippen molar-refractivity contribution in [1.29, 1.82) is 0 Å². The number of aromatic nitrogens is 1. The molecule has 0 saturated carbocycles. The van der Waals surface area contributed by atoms with Gasteiger partial charge in [0.05, 0.1) is 6.61 Å². The monoisotopic (exact) mass is 209 g/mol. The molecule has 4 nitrogen and oxygen atoms in total. The molecule has 15 heavy (non-hydrogen) atoms. The zero-order chi connectivity index (χ0) is 11.1. The van der Waals surface area contributed by atoms with Crippen LogP contribution >= 0.6 is 0 Å². The summed E-state index contributed by atoms with van der Waals surface area (Å²) < 4.78 is 5.04. The summed E-state index contributed by atoms with van der Waals surface area (Å²) in [4.78, 5) is 4.37. The summed E-state index contributed by atoms with van der Waals surface area (Å²) in [6.45, 7) is 2.71. The average molecular weight is 209 g/mol. The molecule has 4 heteroatoms. The van der Waals surface area contributed by atoms with Gasteiger partial charge in [-0.25, -0.2) is 0 Å². The van der Waals surface area contributed by atoms with Crippen LogP contribution in [0.2, 0.25) is 0 Å². The Bertz CT molecular complexity index is 274. The Morgan fingerprint density at radius 1 is 1.53 bits per heavy atom. The second kappa shape index (κ2) is 6.50. The molecule has 0 aliphatic heterocycles. The van der Waals surface area contributed by atoms with Crippen molar-refractivity contribution in [3.05, 3.63) is 29.6 Å². The van der Waals surface area contributed by atoms with Gasteiger partial charge in [-0.05, 0) is 18.1 Å². The Labute approximate surface area is 90.8 Å². The average Bonchev–Trinajstić information content (AvgIpc) is 2.29. The molecule has 1 rings (SSSR count). The first kappa shape index (κ1) is 12.1. The molecule has 1 aromatic rings. The number of hydrazine groups is 1. The molecule has 0 saturated heterocycles. The Morgan fingerprint density at radius 2 is 2.33 bits per heavy atom. The van der Waals surface area contributed by atoms with E-state index in [1.54, 1.807) is 7.11 Å². The minimum Gasteiger partial charge on any atom is -0.383 e. The van der Waals surface area contributed by atoms with Crippen molar-refractivity contribution in [2.75, 3.05) is 13.7 Å². The minimum atomic E-state index is 0.120. The van der Waals surface area contributed by atoms with Gasteiger partial charge >= 0.3 is 0 Å². The lowest BCUT2D eigenvalue weighted by Gasteiger charge is -2.14. The zero-order valence-corrected chi connectivity index (χ0v) is 9.36. The SMILES string of the molecule is CCc1ccc(CC(COC)NN)nc1. The molecule has 0 radical (unpaired) electrons. The number of aryl methyl sites for hydroxylation is 1. The predicted molar refractivity (Wildman–Crippen MR) is 60.3 cm³/mol. The van der Waals surface area contributed by atoms with Gasteiger partial charge in [0.1, 0.15) is 0 Å². The lowest BCUT2D eigenvalue weighted by atomic mass is 10.1. The van der Waals surface area contributed by atoms with E-state index in [0.29, 0.717) is 6.61 Å². The predicted octanol–water partition coefficient (Wildman–Crippen LogP) is 0.665. The maximum Gasteiger partial charge on any atom is 0.0633 e. The molecule has 0 aliphatic carbocycles. The maximum atomic E-state index is 5.40. The standard InChI is InChI=1S/C11H19N3O/c1-3-9-4-5-10(13-7-9)6-11(14-12)8-15-2/h4-5,7,11,14H,3,6,8,12H2,1-2H3. The first-order valence-electron chi connectivity index (χ1n) is 5.19. The van der Waals surface area contributed by atoms with Crippen LogP contribution in [0.3, 0.4) is 0 Å². The smallest absolute Gasteiger partial charge is 0.0633 e. The largest absolute Gasteiger partial charge is 0.383 e. The van der Waals surface area contributed by atoms with Crippen LogP contribution in [0.5, 0.6) is 0 Å². The number of ether oxygens (including phenoxy) is 1. The van der Waals surface area contributed by atoms with Crippen LogP contribution in [0.1, 0.15) is 18.2 Å². The summed E-state index contributed by atoms with van der Waals surface area (Å²) in [5.74, 6) is 5.40. The number of rotatable bonds is 6. The molecule has 0 amide bonds. The van der Waals surface area contributed by atoms with E-state index in [9.17, 15) is 0 Å². The van der Waals surface area contributed by atoms with Gasteiger partial charge in [-0.3, -0.25) is 16.3 Å². The normalized spacial score (nSPS) is 12.7. The van der Waals surface area contributed by atoms with Crippen molar-refractivity contribution in [3.63, 3.8) is 0 Å². The lowest BCUT2D eigenvalue weighted by molar-refractivity contribution is 0.166. The van der Waals surface area contributed by atoms with Crippen molar-refractivity contribution >= 4 is 0 Å². The van der Waals surface area contributed by atoms with Gasteiger partial charge in [0.2, 0.25) is 0 Å². The molecular formula is C11H19N3O. The first-order chi connectivity index (χ1) is 7.30. The highest BCUT2D eigenvalue weighted by molar-refractivity contribution is 5.14. The van der Waals surface area contributed by atoms with Crippen LogP contribution in [0.15, 0.2) is 18.3 Å². The Morgan fingerprint density at radius 3 is 2.80 bits per heavy atom. The number of pyridine rings is 1. The lowest BCUT2D eigenvalue weighted by Crippen LogP contribution is -2.40. The van der Waals surface area contributed by atoms with Crippen LogP contribution in [0.25, 0.3) is 0 Å². The van der Waals surface area contributed by atoms with Gasteiger partial charge < -0.3 is 4.74 Å². The van der Waals surface area contributed by atoms with Gasteiger partial charge in [0.15, 0.2) is 0 Å². The third-order valence-electron chi connectivity index (χ3n) is 2.35. The summed E-state index contributed by atoms with van der Waals surface area (Å²) in [6.07, 6.45) is 3.72. The highest BCUT2D eigenvalue weighted by atomic mass is 16.5. The van der Waals surface area contributed by atoms with Crippen molar-refractivity contribution in [3.8, 4) is 0 Å². The van der Waals surface area contributed by atoms with Crippen LogP contribution in [0, 0.1) is 0 Å². The fraction of sp³-hybridized carbons (Fsp3) is 0.545. The second-order valence-electron chi connectivity index (χ2n) is 3.53. The first-order valence-corrected chi connectivity index (χ1v) is 5.19. The van der Waals surface area contributed by atoms with E-state index in [0.717, 1.165) is 18.5 Å². The molecule has 1 aromatic heterocycles. The molecule has 1 atom stereocenters. The van der Waals surface area contributed by atoms with Gasteiger partial charge in [-0.15, -0.1) is 0 Å². The van der Waals surface area contributed by atoms with E-state index in [-0.39, 0.29) is 6.04 Å². The number of methoxy groups -OCH3 is 1. The Balaban J connectivity index is 2.55. The Kier molecular flexibility index (Phi) is 5.25. The van der Waals surface area contributed by atoms with E-state index >= 15 is 0 Å². The number of nitrogens with zero attached hydrogens (tertiary/aromatic N) is 1. The molecule has 3 N–H and O–H groups in total. The number of hydrogen-bond donors (Lipinski definition) is 2. The van der Waals surface area contributed by atoms with Crippen LogP contribution in [-0.4, -0.2) is 24.7 Å². The highest BCUT2D eigenvalue weighted by Crippen LogP contribution is 2.03. The van der Waals surface area contributed by atoms with Crippen LogP contribution < -0.4 is 11.3 Å². The van der Waals surface area contributed by atoms with E-state index in [2.05, 4.69) is 23.4 Å². The summed E-state index contributed by atoms with van der Waals surface area (Å²) in [7, 11) is 1.66. The molecule has 1 unspecified atom stereocenters. The third-order valence-corrected chi connectivity index (χ3v) is 2.35. The van der Waals surface area contributed by atoms with Crippen molar-refractivity contribution < 1.29 is 4.74 Å². The molecular weight excluding hydrogens is 190 g/mol. The quantitative estimate of drug-likeness (QED) is 0.534. The number of nitrogens with one attached hydrogen (secondary N) is 1. The van der Waals surface area contributed by atoms with Gasteiger partial charge in [-0.1, -0.05) is 13.0 Å². The van der Waals surface area contributed by atoms with E-state index in [1.807, 2.05) is 12.3 Å². The topological polar surface area (TPSA) is 60.2 Å². The van der Waals surface area contributed by atoms with Crippen LogP contribution in [-0.2, 0) is 17.6 Å².